The normalized spacial score (nSPS) is 18.0. The monoisotopic (exact) mass is 484 g/mol. The number of benzene rings is 2. The summed E-state index contributed by atoms with van der Waals surface area (Å²) >= 11 is 9.66. The molecule has 0 saturated carbocycles. The van der Waals surface area contributed by atoms with E-state index in [0.29, 0.717) is 23.7 Å². The highest BCUT2D eigenvalue weighted by molar-refractivity contribution is 9.10. The van der Waals surface area contributed by atoms with Gasteiger partial charge in [-0.3, -0.25) is 14.7 Å². The third-order valence-electron chi connectivity index (χ3n) is 5.25. The van der Waals surface area contributed by atoms with Crippen molar-refractivity contribution in [1.29, 1.82) is 0 Å². The molecule has 1 unspecified atom stereocenters. The Kier molecular flexibility index (Phi) is 5.96. The molecule has 4 rings (SSSR count). The molecule has 6 heteroatoms. The van der Waals surface area contributed by atoms with Crippen LogP contribution in [0.25, 0.3) is 0 Å². The summed E-state index contributed by atoms with van der Waals surface area (Å²) in [5, 5.41) is 0.636. The Bertz CT molecular complexity index is 1070. The van der Waals surface area contributed by atoms with E-state index < -0.39 is 5.72 Å². The lowest BCUT2D eigenvalue weighted by Gasteiger charge is -2.39. The second-order valence-corrected chi connectivity index (χ2v) is 8.76. The molecule has 0 bridgehead atoms. The molecule has 2 heterocycles. The van der Waals surface area contributed by atoms with Crippen LogP contribution in [0.5, 0.6) is 0 Å². The molecule has 0 radical (unpaired) electrons. The van der Waals surface area contributed by atoms with Gasteiger partial charge in [0.1, 0.15) is 0 Å². The van der Waals surface area contributed by atoms with Crippen molar-refractivity contribution >= 4 is 33.4 Å². The molecule has 0 N–H and O–H groups in total. The van der Waals surface area contributed by atoms with Crippen LogP contribution in [-0.4, -0.2) is 22.4 Å². The van der Waals surface area contributed by atoms with E-state index in [1.165, 1.54) is 0 Å². The number of carbonyl (C=O) groups excluding carboxylic acids is 1. The molecule has 1 aromatic heterocycles. The fourth-order valence-electron chi connectivity index (χ4n) is 3.84. The molecule has 4 nitrogen and oxygen atoms in total. The Labute approximate surface area is 190 Å². The van der Waals surface area contributed by atoms with Crippen molar-refractivity contribution in [3.63, 3.8) is 0 Å². The van der Waals surface area contributed by atoms with Gasteiger partial charge in [0.25, 0.3) is 5.91 Å². The van der Waals surface area contributed by atoms with E-state index in [9.17, 15) is 4.79 Å². The van der Waals surface area contributed by atoms with Crippen molar-refractivity contribution < 1.29 is 9.53 Å². The molecule has 0 spiro atoms. The average Bonchev–Trinajstić information content (AvgIpc) is 2.97. The first-order valence-electron chi connectivity index (χ1n) is 9.89. The number of carbonyl (C=O) groups is 1. The summed E-state index contributed by atoms with van der Waals surface area (Å²) in [7, 11) is 0. The number of amides is 1. The SMILES string of the molecule is CCCOC1(c2ccc(Cl)cc2)c2ccc(Br)cc2C(=O)N1Cc1ccc(C)cn1. The van der Waals surface area contributed by atoms with Crippen LogP contribution in [0, 0.1) is 6.92 Å². The molecule has 30 heavy (non-hydrogen) atoms. The quantitative estimate of drug-likeness (QED) is 0.424. The van der Waals surface area contributed by atoms with E-state index in [2.05, 4.69) is 27.8 Å². The Balaban J connectivity index is 1.91. The van der Waals surface area contributed by atoms with Crippen LogP contribution < -0.4 is 0 Å². The van der Waals surface area contributed by atoms with Crippen LogP contribution >= 0.6 is 27.5 Å². The molecule has 2 aromatic carbocycles. The predicted octanol–water partition coefficient (Wildman–Crippen LogP) is 6.09. The zero-order valence-electron chi connectivity index (χ0n) is 16.9. The maximum Gasteiger partial charge on any atom is 0.257 e. The minimum absolute atomic E-state index is 0.0836. The van der Waals surface area contributed by atoms with E-state index in [-0.39, 0.29) is 5.91 Å². The van der Waals surface area contributed by atoms with Gasteiger partial charge in [-0.2, -0.15) is 0 Å². The van der Waals surface area contributed by atoms with Gasteiger partial charge in [0, 0.05) is 39.0 Å². The van der Waals surface area contributed by atoms with Crippen LogP contribution in [0.4, 0.5) is 0 Å². The summed E-state index contributed by atoms with van der Waals surface area (Å²) in [6.45, 7) is 4.88. The highest BCUT2D eigenvalue weighted by Gasteiger charge is 2.52. The highest BCUT2D eigenvalue weighted by atomic mass is 79.9. The number of ether oxygens (including phenoxy) is 1. The Morgan fingerprint density at radius 2 is 1.90 bits per heavy atom. The molecule has 0 saturated heterocycles. The molecule has 3 aromatic rings. The fraction of sp³-hybridized carbons (Fsp3) is 0.250. The molecular weight excluding hydrogens is 464 g/mol. The second kappa shape index (κ2) is 8.50. The summed E-state index contributed by atoms with van der Waals surface area (Å²) in [5.74, 6) is -0.0836. The number of rotatable bonds is 6. The molecule has 1 aliphatic rings. The van der Waals surface area contributed by atoms with Crippen molar-refractivity contribution in [2.24, 2.45) is 0 Å². The Morgan fingerprint density at radius 1 is 1.13 bits per heavy atom. The highest BCUT2D eigenvalue weighted by Crippen LogP contribution is 2.47. The zero-order chi connectivity index (χ0) is 21.3. The van der Waals surface area contributed by atoms with E-state index >= 15 is 0 Å². The number of fused-ring (bicyclic) bond motifs is 1. The maximum atomic E-state index is 13.6. The minimum Gasteiger partial charge on any atom is -0.347 e. The summed E-state index contributed by atoms with van der Waals surface area (Å²) < 4.78 is 7.38. The van der Waals surface area contributed by atoms with Crippen molar-refractivity contribution in [1.82, 2.24) is 9.88 Å². The number of aromatic nitrogens is 1. The molecule has 154 valence electrons. The largest absolute Gasteiger partial charge is 0.347 e. The summed E-state index contributed by atoms with van der Waals surface area (Å²) in [6.07, 6.45) is 2.64. The van der Waals surface area contributed by atoms with Crippen LogP contribution in [0.2, 0.25) is 5.02 Å². The van der Waals surface area contributed by atoms with Gasteiger partial charge in [-0.15, -0.1) is 0 Å². The lowest BCUT2D eigenvalue weighted by Crippen LogP contribution is -2.46. The minimum atomic E-state index is -1.04. The third kappa shape index (κ3) is 3.66. The first-order chi connectivity index (χ1) is 14.5. The van der Waals surface area contributed by atoms with Crippen LogP contribution in [0.3, 0.4) is 0 Å². The van der Waals surface area contributed by atoms with E-state index in [1.54, 1.807) is 4.90 Å². The number of hydrogen-bond acceptors (Lipinski definition) is 3. The third-order valence-corrected chi connectivity index (χ3v) is 5.99. The lowest BCUT2D eigenvalue weighted by atomic mass is 9.93. The lowest BCUT2D eigenvalue weighted by molar-refractivity contribution is -0.111. The van der Waals surface area contributed by atoms with E-state index in [0.717, 1.165) is 33.3 Å². The Morgan fingerprint density at radius 3 is 2.57 bits per heavy atom. The molecule has 1 aliphatic heterocycles. The van der Waals surface area contributed by atoms with Gasteiger partial charge in [-0.1, -0.05) is 58.7 Å². The average molecular weight is 486 g/mol. The van der Waals surface area contributed by atoms with Gasteiger partial charge in [0.15, 0.2) is 5.72 Å². The molecule has 0 fully saturated rings. The van der Waals surface area contributed by atoms with Gasteiger partial charge >= 0.3 is 0 Å². The summed E-state index contributed by atoms with van der Waals surface area (Å²) in [4.78, 5) is 19.9. The summed E-state index contributed by atoms with van der Waals surface area (Å²) in [6, 6.07) is 17.2. The van der Waals surface area contributed by atoms with E-state index in [4.69, 9.17) is 16.3 Å². The van der Waals surface area contributed by atoms with Crippen LogP contribution in [0.1, 0.15) is 46.1 Å². The van der Waals surface area contributed by atoms with Crippen molar-refractivity contribution in [2.75, 3.05) is 6.61 Å². The number of hydrogen-bond donors (Lipinski definition) is 0. The van der Waals surface area contributed by atoms with Gasteiger partial charge in [0.2, 0.25) is 0 Å². The van der Waals surface area contributed by atoms with Crippen LogP contribution in [0.15, 0.2) is 65.3 Å². The topological polar surface area (TPSA) is 42.4 Å². The van der Waals surface area contributed by atoms with Crippen molar-refractivity contribution in [2.45, 2.75) is 32.5 Å². The Hall–Kier alpha value is -2.21. The number of nitrogens with zero attached hydrogens (tertiary/aromatic N) is 2. The summed E-state index contributed by atoms with van der Waals surface area (Å²) in [5.41, 5.74) is 3.16. The smallest absolute Gasteiger partial charge is 0.257 e. The van der Waals surface area contributed by atoms with E-state index in [1.807, 2.05) is 67.7 Å². The molecule has 1 atom stereocenters. The second-order valence-electron chi connectivity index (χ2n) is 7.41. The van der Waals surface area contributed by atoms with Crippen molar-refractivity contribution in [3.05, 3.63) is 98.2 Å². The number of halogens is 2. The number of pyridine rings is 1. The molecular formula is C24H22BrClN2O2. The maximum absolute atomic E-state index is 13.6. The fourth-order valence-corrected chi connectivity index (χ4v) is 4.32. The predicted molar refractivity (Wildman–Crippen MR) is 121 cm³/mol. The van der Waals surface area contributed by atoms with Crippen molar-refractivity contribution in [3.8, 4) is 0 Å². The molecule has 1 amide bonds. The zero-order valence-corrected chi connectivity index (χ0v) is 19.2. The first-order valence-corrected chi connectivity index (χ1v) is 11.1. The first kappa shape index (κ1) is 21.0. The standard InChI is InChI=1S/C24H22BrClN2O2/c1-3-12-30-24(17-5-8-19(26)9-6-17)22-11-7-18(25)13-21(22)23(29)28(24)15-20-10-4-16(2)14-27-20/h4-11,13-14H,3,12,15H2,1-2H3. The van der Waals surface area contributed by atoms with Gasteiger partial charge in [0.05, 0.1) is 12.2 Å². The molecule has 0 aliphatic carbocycles. The van der Waals surface area contributed by atoms with Gasteiger partial charge in [-0.05, 0) is 49.2 Å². The van der Waals surface area contributed by atoms with Gasteiger partial charge in [-0.25, -0.2) is 0 Å². The van der Waals surface area contributed by atoms with Gasteiger partial charge < -0.3 is 4.74 Å². The van der Waals surface area contributed by atoms with Crippen LogP contribution in [-0.2, 0) is 17.0 Å². The number of aryl methyl sites for hydroxylation is 1.